The first-order valence-electron chi connectivity index (χ1n) is 5.03. The van der Waals surface area contributed by atoms with Crippen LogP contribution in [0.5, 0.6) is 0 Å². The summed E-state index contributed by atoms with van der Waals surface area (Å²) >= 11 is 0. The molecule has 0 amide bonds. The van der Waals surface area contributed by atoms with Crippen LogP contribution in [0.15, 0.2) is 0 Å². The lowest BCUT2D eigenvalue weighted by Gasteiger charge is -2.17. The molecule has 0 saturated heterocycles. The van der Waals surface area contributed by atoms with Gasteiger partial charge in [-0.2, -0.15) is 0 Å². The lowest BCUT2D eigenvalue weighted by molar-refractivity contribution is -0.624. The summed E-state index contributed by atoms with van der Waals surface area (Å²) in [5.41, 5.74) is 0. The van der Waals surface area contributed by atoms with E-state index < -0.39 is 0 Å². The predicted octanol–water partition coefficient (Wildman–Crippen LogP) is 2.70. The number of hydrogen-bond acceptors (Lipinski definition) is 4. The molecule has 1 N–H and O–H groups in total. The third kappa shape index (κ3) is 5.21. The van der Waals surface area contributed by atoms with Crippen LogP contribution in [0, 0.1) is 5.92 Å². The summed E-state index contributed by atoms with van der Waals surface area (Å²) in [6.45, 7) is 0.514. The maximum absolute atomic E-state index is 7.85. The monoisotopic (exact) mass is 190 g/mol. The van der Waals surface area contributed by atoms with Crippen molar-refractivity contribution in [1.29, 1.82) is 0 Å². The van der Waals surface area contributed by atoms with Crippen molar-refractivity contribution in [2.75, 3.05) is 6.61 Å². The summed E-state index contributed by atoms with van der Waals surface area (Å²) in [5, 5.41) is 15.2. The van der Waals surface area contributed by atoms with E-state index in [2.05, 4.69) is 15.0 Å². The highest BCUT2D eigenvalue weighted by Crippen LogP contribution is 2.22. The van der Waals surface area contributed by atoms with Gasteiger partial charge in [0.1, 0.15) is 0 Å². The molecule has 1 rings (SSSR count). The molecule has 0 aliphatic heterocycles. The average Bonchev–Trinajstić information content (AvgIpc) is 2.08. The van der Waals surface area contributed by atoms with Crippen LogP contribution in [0.4, 0.5) is 0 Å². The maximum Gasteiger partial charge on any atom is 0.0883 e. The maximum atomic E-state index is 7.85. The molecular weight excluding hydrogens is 172 g/mol. The molecule has 1 aliphatic carbocycles. The average molecular weight is 190 g/mol. The van der Waals surface area contributed by atoms with Crippen LogP contribution in [0.25, 0.3) is 0 Å². The summed E-state index contributed by atoms with van der Waals surface area (Å²) in [6.07, 6.45) is 8.94. The smallest absolute Gasteiger partial charge is 0.0883 e. The molecule has 0 radical (unpaired) electrons. The summed E-state index contributed by atoms with van der Waals surface area (Å²) in [6, 6.07) is 0. The van der Waals surface area contributed by atoms with E-state index in [-0.39, 0.29) is 0 Å². The van der Waals surface area contributed by atoms with E-state index in [4.69, 9.17) is 5.26 Å². The van der Waals surface area contributed by atoms with Gasteiger partial charge in [0.15, 0.2) is 0 Å². The Bertz CT molecular complexity index is 110. The summed E-state index contributed by atoms with van der Waals surface area (Å²) in [7, 11) is 0. The number of rotatable bonds is 4. The SMILES string of the molecule is OOOOCC1CCCCCCC1. The van der Waals surface area contributed by atoms with E-state index in [1.165, 1.54) is 44.9 Å². The van der Waals surface area contributed by atoms with E-state index in [1.54, 1.807) is 0 Å². The van der Waals surface area contributed by atoms with Crippen molar-refractivity contribution < 1.29 is 20.2 Å². The Labute approximate surface area is 78.6 Å². The van der Waals surface area contributed by atoms with Gasteiger partial charge in [-0.15, -0.1) is 0 Å². The minimum atomic E-state index is 0.514. The molecule has 0 aromatic carbocycles. The summed E-state index contributed by atoms with van der Waals surface area (Å²) in [4.78, 5) is 4.65. The van der Waals surface area contributed by atoms with Gasteiger partial charge in [-0.1, -0.05) is 32.1 Å². The van der Waals surface area contributed by atoms with Crippen molar-refractivity contribution in [2.24, 2.45) is 5.92 Å². The molecule has 0 spiro atoms. The van der Waals surface area contributed by atoms with Gasteiger partial charge in [-0.25, -0.2) is 10.1 Å². The zero-order chi connectivity index (χ0) is 9.36. The zero-order valence-corrected chi connectivity index (χ0v) is 7.91. The van der Waals surface area contributed by atoms with Crippen LogP contribution in [0.2, 0.25) is 0 Å². The normalized spacial score (nSPS) is 21.0. The Morgan fingerprint density at radius 3 is 2.23 bits per heavy atom. The molecule has 0 heterocycles. The molecule has 0 aromatic rings. The fourth-order valence-corrected chi connectivity index (χ4v) is 1.85. The van der Waals surface area contributed by atoms with Gasteiger partial charge < -0.3 is 0 Å². The zero-order valence-electron chi connectivity index (χ0n) is 7.91. The predicted molar refractivity (Wildman–Crippen MR) is 46.6 cm³/mol. The Morgan fingerprint density at radius 1 is 1.00 bits per heavy atom. The molecule has 78 valence electrons. The largest absolute Gasteiger partial charge is 0.219 e. The first-order valence-corrected chi connectivity index (χ1v) is 5.03. The van der Waals surface area contributed by atoms with E-state index in [0.717, 1.165) is 0 Å². The van der Waals surface area contributed by atoms with Crippen molar-refractivity contribution in [1.82, 2.24) is 0 Å². The van der Waals surface area contributed by atoms with Crippen molar-refractivity contribution in [3.63, 3.8) is 0 Å². The van der Waals surface area contributed by atoms with Gasteiger partial charge >= 0.3 is 0 Å². The molecule has 1 saturated carbocycles. The first-order chi connectivity index (χ1) is 6.43. The standard InChI is InChI=1S/C9H18O4/c10-12-13-11-8-9-6-4-2-1-3-5-7-9/h9-10H,1-8H2. The Hall–Kier alpha value is -0.160. The van der Waals surface area contributed by atoms with E-state index in [0.29, 0.717) is 12.5 Å². The van der Waals surface area contributed by atoms with Crippen LogP contribution in [-0.2, 0) is 15.0 Å². The highest BCUT2D eigenvalue weighted by Gasteiger charge is 2.11. The van der Waals surface area contributed by atoms with Crippen LogP contribution in [0.1, 0.15) is 44.9 Å². The van der Waals surface area contributed by atoms with Crippen LogP contribution in [0.3, 0.4) is 0 Å². The Morgan fingerprint density at radius 2 is 1.62 bits per heavy atom. The molecule has 4 nitrogen and oxygen atoms in total. The van der Waals surface area contributed by atoms with Gasteiger partial charge in [0.2, 0.25) is 0 Å². The lowest BCUT2D eigenvalue weighted by Crippen LogP contribution is -2.11. The molecule has 1 aliphatic rings. The highest BCUT2D eigenvalue weighted by atomic mass is 17.6. The fraction of sp³-hybridized carbons (Fsp3) is 1.00. The van der Waals surface area contributed by atoms with Gasteiger partial charge in [-0.05, 0) is 28.8 Å². The summed E-state index contributed by atoms with van der Waals surface area (Å²) in [5.74, 6) is 0.551. The van der Waals surface area contributed by atoms with Gasteiger partial charge in [0.05, 0.1) is 6.61 Å². The lowest BCUT2D eigenvalue weighted by atomic mass is 9.92. The minimum Gasteiger partial charge on any atom is -0.219 e. The molecular formula is C9H18O4. The van der Waals surface area contributed by atoms with Crippen molar-refractivity contribution in [3.05, 3.63) is 0 Å². The Balaban J connectivity index is 2.06. The van der Waals surface area contributed by atoms with Gasteiger partial charge in [0.25, 0.3) is 0 Å². The number of hydrogen-bond donors (Lipinski definition) is 1. The van der Waals surface area contributed by atoms with Crippen molar-refractivity contribution >= 4 is 0 Å². The third-order valence-electron chi connectivity index (χ3n) is 2.61. The van der Waals surface area contributed by atoms with Crippen molar-refractivity contribution in [3.8, 4) is 0 Å². The third-order valence-corrected chi connectivity index (χ3v) is 2.61. The molecule has 0 aromatic heterocycles. The van der Waals surface area contributed by atoms with Crippen LogP contribution in [-0.4, -0.2) is 11.9 Å². The summed E-state index contributed by atoms with van der Waals surface area (Å²) < 4.78 is 0. The second-order valence-electron chi connectivity index (χ2n) is 3.64. The molecule has 0 atom stereocenters. The van der Waals surface area contributed by atoms with Crippen LogP contribution >= 0.6 is 0 Å². The van der Waals surface area contributed by atoms with Crippen molar-refractivity contribution in [2.45, 2.75) is 44.9 Å². The molecule has 0 unspecified atom stereocenters. The Kier molecular flexibility index (Phi) is 6.10. The molecule has 4 heteroatoms. The second kappa shape index (κ2) is 7.26. The van der Waals surface area contributed by atoms with Crippen LogP contribution < -0.4 is 0 Å². The fourth-order valence-electron chi connectivity index (χ4n) is 1.85. The molecule has 1 fully saturated rings. The van der Waals surface area contributed by atoms with Gasteiger partial charge in [0, 0.05) is 0 Å². The second-order valence-corrected chi connectivity index (χ2v) is 3.64. The topological polar surface area (TPSA) is 47.9 Å². The molecule has 0 bridgehead atoms. The van der Waals surface area contributed by atoms with E-state index >= 15 is 0 Å². The van der Waals surface area contributed by atoms with E-state index in [1.807, 2.05) is 0 Å². The van der Waals surface area contributed by atoms with Gasteiger partial charge in [-0.3, -0.25) is 0 Å². The molecule has 13 heavy (non-hydrogen) atoms. The first kappa shape index (κ1) is 10.9. The highest BCUT2D eigenvalue weighted by molar-refractivity contribution is 4.62. The minimum absolute atomic E-state index is 0.514. The quantitative estimate of drug-likeness (QED) is 0.420. The van der Waals surface area contributed by atoms with E-state index in [9.17, 15) is 0 Å².